The molecule has 1 fully saturated rings. The molecular formula is C31H31NO7. The average molecular weight is 530 g/mol. The number of rotatable bonds is 7. The molecule has 3 aromatic carbocycles. The van der Waals surface area contributed by atoms with Gasteiger partial charge < -0.3 is 19.3 Å². The van der Waals surface area contributed by atoms with Gasteiger partial charge >= 0.3 is 5.97 Å². The summed E-state index contributed by atoms with van der Waals surface area (Å²) in [7, 11) is 3.12. The second kappa shape index (κ2) is 11.0. The number of hydrogen-bond donors (Lipinski definition) is 1. The Bertz CT molecular complexity index is 1450. The lowest BCUT2D eigenvalue weighted by atomic mass is 9.91. The number of ether oxygens (including phenoxy) is 3. The Kier molecular flexibility index (Phi) is 7.76. The molecule has 1 heterocycles. The van der Waals surface area contributed by atoms with Crippen molar-refractivity contribution in [3.63, 3.8) is 0 Å². The maximum atomic E-state index is 13.5. The molecule has 8 nitrogen and oxygen atoms in total. The minimum Gasteiger partial charge on any atom is -0.507 e. The van der Waals surface area contributed by atoms with E-state index in [1.54, 1.807) is 61.7 Å². The molecule has 1 aliphatic rings. The number of methoxy groups -OCH3 is 2. The number of benzene rings is 3. The van der Waals surface area contributed by atoms with Crippen LogP contribution in [0.3, 0.4) is 0 Å². The molecule has 1 saturated heterocycles. The maximum Gasteiger partial charge on any atom is 0.308 e. The summed E-state index contributed by atoms with van der Waals surface area (Å²) in [5.41, 5.74) is 2.95. The third-order valence-electron chi connectivity index (χ3n) is 6.71. The molecule has 1 unspecified atom stereocenters. The van der Waals surface area contributed by atoms with Crippen molar-refractivity contribution in [2.75, 3.05) is 19.1 Å². The molecule has 1 N–H and O–H groups in total. The zero-order valence-corrected chi connectivity index (χ0v) is 22.8. The van der Waals surface area contributed by atoms with Crippen LogP contribution in [-0.2, 0) is 14.4 Å². The first kappa shape index (κ1) is 27.4. The second-order valence-corrected chi connectivity index (χ2v) is 9.59. The van der Waals surface area contributed by atoms with Gasteiger partial charge in [-0.05, 0) is 78.1 Å². The van der Waals surface area contributed by atoms with E-state index in [1.165, 1.54) is 18.9 Å². The fourth-order valence-corrected chi connectivity index (χ4v) is 4.77. The third kappa shape index (κ3) is 5.23. The minimum atomic E-state index is -0.936. The molecule has 0 radical (unpaired) electrons. The predicted molar refractivity (Wildman–Crippen MR) is 147 cm³/mol. The number of Topliss-reactive ketones (excluding diaryl/α,β-unsaturated/α-hetero) is 1. The van der Waals surface area contributed by atoms with Crippen molar-refractivity contribution in [1.29, 1.82) is 0 Å². The second-order valence-electron chi connectivity index (χ2n) is 9.59. The van der Waals surface area contributed by atoms with E-state index >= 15 is 0 Å². The Labute approximate surface area is 227 Å². The van der Waals surface area contributed by atoms with Gasteiger partial charge in [-0.2, -0.15) is 0 Å². The zero-order valence-electron chi connectivity index (χ0n) is 22.8. The summed E-state index contributed by atoms with van der Waals surface area (Å²) in [5, 5.41) is 11.7. The molecular weight excluding hydrogens is 498 g/mol. The Morgan fingerprint density at radius 3 is 2.08 bits per heavy atom. The first-order valence-electron chi connectivity index (χ1n) is 12.5. The number of amides is 1. The molecule has 0 aromatic heterocycles. The topological polar surface area (TPSA) is 102 Å². The molecule has 1 atom stereocenters. The fourth-order valence-electron chi connectivity index (χ4n) is 4.77. The Morgan fingerprint density at radius 2 is 1.54 bits per heavy atom. The van der Waals surface area contributed by atoms with Crippen molar-refractivity contribution in [1.82, 2.24) is 0 Å². The quantitative estimate of drug-likeness (QED) is 0.138. The van der Waals surface area contributed by atoms with Gasteiger partial charge in [-0.25, -0.2) is 0 Å². The zero-order chi connectivity index (χ0) is 28.4. The van der Waals surface area contributed by atoms with Crippen LogP contribution in [0.1, 0.15) is 55.0 Å². The van der Waals surface area contributed by atoms with Crippen molar-refractivity contribution in [2.24, 2.45) is 0 Å². The lowest BCUT2D eigenvalue weighted by Crippen LogP contribution is -2.29. The summed E-state index contributed by atoms with van der Waals surface area (Å²) in [5.74, 6) is -0.658. The van der Waals surface area contributed by atoms with Crippen molar-refractivity contribution >= 4 is 29.1 Å². The van der Waals surface area contributed by atoms with Gasteiger partial charge in [0.2, 0.25) is 0 Å². The minimum absolute atomic E-state index is 0.0426. The number of aryl methyl sites for hydroxylation is 1. The number of carbonyl (C=O) groups excluding carboxylic acids is 3. The molecule has 39 heavy (non-hydrogen) atoms. The van der Waals surface area contributed by atoms with Crippen molar-refractivity contribution < 1.29 is 33.7 Å². The highest BCUT2D eigenvalue weighted by molar-refractivity contribution is 6.51. The van der Waals surface area contributed by atoms with E-state index in [4.69, 9.17) is 14.2 Å². The van der Waals surface area contributed by atoms with E-state index in [-0.39, 0.29) is 17.3 Å². The van der Waals surface area contributed by atoms with Gasteiger partial charge in [-0.15, -0.1) is 0 Å². The van der Waals surface area contributed by atoms with Crippen LogP contribution in [0.15, 0.2) is 66.2 Å². The first-order chi connectivity index (χ1) is 18.6. The Morgan fingerprint density at radius 1 is 0.923 bits per heavy atom. The van der Waals surface area contributed by atoms with E-state index < -0.39 is 23.7 Å². The summed E-state index contributed by atoms with van der Waals surface area (Å²) in [6.07, 6.45) is 0. The highest BCUT2D eigenvalue weighted by Crippen LogP contribution is 2.44. The average Bonchev–Trinajstić information content (AvgIpc) is 3.18. The van der Waals surface area contributed by atoms with E-state index in [0.29, 0.717) is 39.6 Å². The van der Waals surface area contributed by atoms with Crippen LogP contribution in [0.5, 0.6) is 17.2 Å². The number of ketones is 1. The molecule has 1 aliphatic heterocycles. The summed E-state index contributed by atoms with van der Waals surface area (Å²) in [6, 6.07) is 15.9. The standard InChI is InChI=1S/C31H31NO7/c1-17(2)24-16-25(18(3)15-26(24)38-6)29(34)27-28(20-7-11-23(12-8-20)39-19(4)33)32(31(36)30(27)35)21-9-13-22(37-5)14-10-21/h7-17,28,34H,1-6H3/b29-27+. The molecule has 4 rings (SSSR count). The summed E-state index contributed by atoms with van der Waals surface area (Å²) in [4.78, 5) is 39.8. The van der Waals surface area contributed by atoms with Crippen LogP contribution >= 0.6 is 0 Å². The summed E-state index contributed by atoms with van der Waals surface area (Å²) >= 11 is 0. The van der Waals surface area contributed by atoms with Crippen LogP contribution in [0.25, 0.3) is 5.76 Å². The summed E-state index contributed by atoms with van der Waals surface area (Å²) < 4.78 is 15.9. The van der Waals surface area contributed by atoms with Crippen molar-refractivity contribution in [3.05, 3.63) is 88.5 Å². The largest absolute Gasteiger partial charge is 0.507 e. The van der Waals surface area contributed by atoms with E-state index in [2.05, 4.69) is 0 Å². The van der Waals surface area contributed by atoms with E-state index in [0.717, 1.165) is 5.56 Å². The van der Waals surface area contributed by atoms with E-state index in [9.17, 15) is 19.5 Å². The SMILES string of the molecule is COc1ccc(N2C(=O)C(=O)/C(=C(/O)c3cc(C(C)C)c(OC)cc3C)C2c2ccc(OC(C)=O)cc2)cc1. The van der Waals surface area contributed by atoms with Crippen LogP contribution in [0.4, 0.5) is 5.69 Å². The third-order valence-corrected chi connectivity index (χ3v) is 6.71. The fraction of sp³-hybridized carbons (Fsp3) is 0.258. The van der Waals surface area contributed by atoms with E-state index in [1.807, 2.05) is 26.8 Å². The smallest absolute Gasteiger partial charge is 0.308 e. The van der Waals surface area contributed by atoms with Gasteiger partial charge in [0.1, 0.15) is 23.0 Å². The normalized spacial score (nSPS) is 16.5. The molecule has 0 saturated carbocycles. The van der Waals surface area contributed by atoms with Gasteiger partial charge in [-0.3, -0.25) is 19.3 Å². The molecule has 3 aromatic rings. The first-order valence-corrected chi connectivity index (χ1v) is 12.5. The van der Waals surface area contributed by atoms with Crippen molar-refractivity contribution in [2.45, 2.75) is 39.7 Å². The van der Waals surface area contributed by atoms with Gasteiger partial charge in [0.05, 0.1) is 25.8 Å². The number of esters is 1. The molecule has 1 amide bonds. The van der Waals surface area contributed by atoms with Crippen LogP contribution < -0.4 is 19.1 Å². The number of carbonyl (C=O) groups is 3. The number of aliphatic hydroxyl groups is 1. The number of nitrogens with zero attached hydrogens (tertiary/aromatic N) is 1. The molecule has 202 valence electrons. The lowest BCUT2D eigenvalue weighted by Gasteiger charge is -2.26. The number of aliphatic hydroxyl groups excluding tert-OH is 1. The van der Waals surface area contributed by atoms with Crippen LogP contribution in [-0.4, -0.2) is 37.0 Å². The predicted octanol–water partition coefficient (Wildman–Crippen LogP) is 5.69. The van der Waals surface area contributed by atoms with Crippen LogP contribution in [0.2, 0.25) is 0 Å². The van der Waals surface area contributed by atoms with Crippen molar-refractivity contribution in [3.8, 4) is 17.2 Å². The molecule has 0 spiro atoms. The maximum absolute atomic E-state index is 13.5. The number of hydrogen-bond acceptors (Lipinski definition) is 7. The monoisotopic (exact) mass is 529 g/mol. The van der Waals surface area contributed by atoms with Gasteiger partial charge in [-0.1, -0.05) is 26.0 Å². The van der Waals surface area contributed by atoms with Gasteiger partial charge in [0.25, 0.3) is 11.7 Å². The molecule has 0 aliphatic carbocycles. The Balaban J connectivity index is 1.94. The van der Waals surface area contributed by atoms with Gasteiger partial charge in [0, 0.05) is 18.2 Å². The van der Waals surface area contributed by atoms with Gasteiger partial charge in [0.15, 0.2) is 0 Å². The number of anilines is 1. The highest BCUT2D eigenvalue weighted by Gasteiger charge is 2.47. The Hall–Kier alpha value is -4.59. The lowest BCUT2D eigenvalue weighted by molar-refractivity contribution is -0.132. The molecule has 0 bridgehead atoms. The molecule has 8 heteroatoms. The summed E-state index contributed by atoms with van der Waals surface area (Å²) in [6.45, 7) is 7.12. The van der Waals surface area contributed by atoms with Crippen LogP contribution in [0, 0.1) is 6.92 Å². The highest BCUT2D eigenvalue weighted by atomic mass is 16.5.